The minimum absolute atomic E-state index is 0.00160. The van der Waals surface area contributed by atoms with Crippen LogP contribution in [0.3, 0.4) is 0 Å². The zero-order chi connectivity index (χ0) is 20.2. The minimum atomic E-state index is -4.26. The number of hydrogen-bond acceptors (Lipinski definition) is 5. The molecule has 0 aromatic heterocycles. The van der Waals surface area contributed by atoms with Crippen molar-refractivity contribution in [2.45, 2.75) is 4.90 Å². The molecule has 2 aromatic rings. The van der Waals surface area contributed by atoms with E-state index < -0.39 is 31.3 Å². The van der Waals surface area contributed by atoms with Gasteiger partial charge in [-0.3, -0.25) is 4.72 Å². The molecule has 0 aliphatic carbocycles. The summed E-state index contributed by atoms with van der Waals surface area (Å²) in [6.45, 7) is 0. The summed E-state index contributed by atoms with van der Waals surface area (Å²) >= 11 is 17.0. The highest BCUT2D eigenvalue weighted by Gasteiger charge is 2.18. The fourth-order valence-electron chi connectivity index (χ4n) is 1.83. The molecule has 13 heteroatoms. The van der Waals surface area contributed by atoms with Crippen LogP contribution in [0.2, 0.25) is 10.0 Å². The maximum Gasteiger partial charge on any atom is 0.334 e. The lowest BCUT2D eigenvalue weighted by atomic mass is 10.3. The van der Waals surface area contributed by atoms with Crippen molar-refractivity contribution < 1.29 is 21.6 Å². The van der Waals surface area contributed by atoms with E-state index in [1.165, 1.54) is 36.4 Å². The maximum atomic E-state index is 12.0. The normalized spacial score (nSPS) is 11.7. The number of halogens is 3. The highest BCUT2D eigenvalue weighted by atomic mass is 35.5. The third kappa shape index (κ3) is 6.15. The zero-order valence-electron chi connectivity index (χ0n) is 13.2. The molecule has 0 radical (unpaired) electrons. The van der Waals surface area contributed by atoms with Crippen molar-refractivity contribution in [3.63, 3.8) is 0 Å². The van der Waals surface area contributed by atoms with E-state index in [0.29, 0.717) is 5.02 Å². The second kappa shape index (κ2) is 8.53. The molecule has 0 unspecified atom stereocenters. The fraction of sp³-hybridized carbons (Fsp3) is 0.0714. The lowest BCUT2D eigenvalue weighted by Crippen LogP contribution is -2.38. The Balaban J connectivity index is 2.13. The second-order valence-corrected chi connectivity index (χ2v) is 9.87. The first-order valence-electron chi connectivity index (χ1n) is 6.98. The first kappa shape index (κ1) is 21.6. The summed E-state index contributed by atoms with van der Waals surface area (Å²) in [4.78, 5) is 11.8. The van der Waals surface area contributed by atoms with Crippen LogP contribution >= 0.6 is 34.8 Å². The maximum absolute atomic E-state index is 12.0. The quantitative estimate of drug-likeness (QED) is 0.556. The summed E-state index contributed by atoms with van der Waals surface area (Å²) in [5.74, 6) is 0. The number of alkyl halides is 1. The van der Waals surface area contributed by atoms with Crippen molar-refractivity contribution in [3.8, 4) is 0 Å². The van der Waals surface area contributed by atoms with E-state index in [4.69, 9.17) is 34.8 Å². The molecule has 0 aliphatic heterocycles. The summed E-state index contributed by atoms with van der Waals surface area (Å²) in [7, 11) is -8.02. The number of anilines is 2. The van der Waals surface area contributed by atoms with Crippen molar-refractivity contribution in [1.82, 2.24) is 4.72 Å². The van der Waals surface area contributed by atoms with Crippen LogP contribution in [-0.2, 0) is 20.0 Å². The predicted octanol–water partition coefficient (Wildman–Crippen LogP) is 3.44. The van der Waals surface area contributed by atoms with Gasteiger partial charge in [0, 0.05) is 5.02 Å². The van der Waals surface area contributed by atoms with Gasteiger partial charge in [0.2, 0.25) is 0 Å². The molecule has 0 aliphatic rings. The predicted molar refractivity (Wildman–Crippen MR) is 106 cm³/mol. The van der Waals surface area contributed by atoms with E-state index in [0.717, 1.165) is 6.07 Å². The van der Waals surface area contributed by atoms with Gasteiger partial charge in [-0.15, -0.1) is 11.6 Å². The molecule has 0 saturated heterocycles. The first-order chi connectivity index (χ1) is 12.5. The number of hydrogen-bond donors (Lipinski definition) is 3. The Morgan fingerprint density at radius 2 is 1.59 bits per heavy atom. The lowest BCUT2D eigenvalue weighted by molar-refractivity contribution is 0.256. The molecule has 0 spiro atoms. The summed E-state index contributed by atoms with van der Waals surface area (Å²) in [5, 5.41) is 1.91. The first-order valence-corrected chi connectivity index (χ1v) is 11.4. The molecular formula is C14H12Cl3N3O5S2. The van der Waals surface area contributed by atoms with Crippen molar-refractivity contribution >= 4 is 72.3 Å². The third-order valence-corrected chi connectivity index (χ3v) is 6.67. The Morgan fingerprint density at radius 3 is 2.19 bits per heavy atom. The largest absolute Gasteiger partial charge is 0.334 e. The molecule has 0 saturated carbocycles. The molecule has 0 fully saturated rings. The molecule has 2 aromatic carbocycles. The number of sulfone groups is 1. The molecule has 0 bridgehead atoms. The van der Waals surface area contributed by atoms with E-state index in [2.05, 4.69) is 10.0 Å². The summed E-state index contributed by atoms with van der Waals surface area (Å²) in [6, 6.07) is 8.08. The number of amides is 2. The number of carbonyl (C=O) groups is 1. The van der Waals surface area contributed by atoms with Gasteiger partial charge in [0.1, 0.15) is 5.21 Å². The summed E-state index contributed by atoms with van der Waals surface area (Å²) in [5.41, 5.74) is 0.0648. The Labute approximate surface area is 170 Å². The Hall–Kier alpha value is -1.72. The number of carbonyl (C=O) groups excluding carboxylic acids is 1. The molecule has 0 heterocycles. The van der Waals surface area contributed by atoms with Gasteiger partial charge in [-0.1, -0.05) is 23.2 Å². The second-order valence-electron chi connectivity index (χ2n) is 5.03. The van der Waals surface area contributed by atoms with Gasteiger partial charge in [-0.05, 0) is 42.5 Å². The topological polar surface area (TPSA) is 121 Å². The Kier molecular flexibility index (Phi) is 6.82. The van der Waals surface area contributed by atoms with Gasteiger partial charge < -0.3 is 5.32 Å². The van der Waals surface area contributed by atoms with Crippen LogP contribution in [0.15, 0.2) is 47.4 Å². The SMILES string of the molecule is O=C(Nc1cc(S(=O)(=O)CCl)ccc1Cl)NS(=O)(=O)Nc1ccc(Cl)cc1. The number of benzene rings is 2. The van der Waals surface area contributed by atoms with Gasteiger partial charge in [-0.25, -0.2) is 17.9 Å². The van der Waals surface area contributed by atoms with Gasteiger partial charge in [0.15, 0.2) is 9.84 Å². The van der Waals surface area contributed by atoms with Crippen LogP contribution in [0, 0.1) is 0 Å². The number of urea groups is 1. The average Bonchev–Trinajstić information content (AvgIpc) is 2.58. The fourth-order valence-corrected chi connectivity index (χ4v) is 3.99. The smallest absolute Gasteiger partial charge is 0.306 e. The van der Waals surface area contributed by atoms with Crippen molar-refractivity contribution in [2.24, 2.45) is 0 Å². The number of rotatable bonds is 6. The molecule has 146 valence electrons. The molecule has 3 N–H and O–H groups in total. The van der Waals surface area contributed by atoms with E-state index in [9.17, 15) is 21.6 Å². The summed E-state index contributed by atoms with van der Waals surface area (Å²) < 4.78 is 51.4. The monoisotopic (exact) mass is 471 g/mol. The Bertz CT molecular complexity index is 1060. The highest BCUT2D eigenvalue weighted by molar-refractivity contribution is 7.92. The molecule has 8 nitrogen and oxygen atoms in total. The molecule has 0 atom stereocenters. The molecule has 2 rings (SSSR count). The van der Waals surface area contributed by atoms with E-state index in [1.54, 1.807) is 4.72 Å². The van der Waals surface area contributed by atoms with Gasteiger partial charge in [0.05, 0.1) is 21.3 Å². The van der Waals surface area contributed by atoms with Crippen molar-refractivity contribution in [3.05, 3.63) is 52.5 Å². The van der Waals surface area contributed by atoms with Crippen LogP contribution in [-0.4, -0.2) is 28.1 Å². The van der Waals surface area contributed by atoms with E-state index in [1.807, 2.05) is 0 Å². The van der Waals surface area contributed by atoms with Gasteiger partial charge in [-0.2, -0.15) is 8.42 Å². The Morgan fingerprint density at radius 1 is 0.963 bits per heavy atom. The van der Waals surface area contributed by atoms with Crippen LogP contribution < -0.4 is 14.8 Å². The third-order valence-electron chi connectivity index (χ3n) is 3.01. The highest BCUT2D eigenvalue weighted by Crippen LogP contribution is 2.26. The van der Waals surface area contributed by atoms with Crippen LogP contribution in [0.5, 0.6) is 0 Å². The summed E-state index contributed by atoms with van der Waals surface area (Å²) in [6.07, 6.45) is 0. The van der Waals surface area contributed by atoms with E-state index in [-0.39, 0.29) is 21.3 Å². The molecular weight excluding hydrogens is 461 g/mol. The van der Waals surface area contributed by atoms with Crippen molar-refractivity contribution in [1.29, 1.82) is 0 Å². The lowest BCUT2D eigenvalue weighted by Gasteiger charge is -2.12. The van der Waals surface area contributed by atoms with Crippen LogP contribution in [0.4, 0.5) is 16.2 Å². The van der Waals surface area contributed by atoms with E-state index >= 15 is 0 Å². The van der Waals surface area contributed by atoms with Gasteiger partial charge >= 0.3 is 16.2 Å². The average molecular weight is 473 g/mol. The minimum Gasteiger partial charge on any atom is -0.306 e. The molecule has 2 amide bonds. The van der Waals surface area contributed by atoms with Crippen LogP contribution in [0.1, 0.15) is 0 Å². The standard InChI is InChI=1S/C14H12Cl3N3O5S2/c15-8-26(22,23)11-5-6-12(17)13(7-11)18-14(21)20-27(24,25)19-10-3-1-9(16)2-4-10/h1-7,19H,8H2,(H2,18,20,21). The zero-order valence-corrected chi connectivity index (χ0v) is 17.1. The van der Waals surface area contributed by atoms with Crippen LogP contribution in [0.25, 0.3) is 0 Å². The number of nitrogens with one attached hydrogen (secondary N) is 3. The van der Waals surface area contributed by atoms with Gasteiger partial charge in [0.25, 0.3) is 0 Å². The van der Waals surface area contributed by atoms with Crippen molar-refractivity contribution in [2.75, 3.05) is 15.3 Å². The molecule has 27 heavy (non-hydrogen) atoms.